The number of nitrogens with zero attached hydrogens (tertiary/aromatic N) is 1. The van der Waals surface area contributed by atoms with E-state index < -0.39 is 0 Å². The fourth-order valence-electron chi connectivity index (χ4n) is 2.23. The van der Waals surface area contributed by atoms with Crippen LogP contribution in [-0.2, 0) is 16.0 Å². The van der Waals surface area contributed by atoms with Crippen molar-refractivity contribution in [1.29, 1.82) is 0 Å². The summed E-state index contributed by atoms with van der Waals surface area (Å²) < 4.78 is 6.55. The number of aromatic nitrogens is 1. The second-order valence-electron chi connectivity index (χ2n) is 4.75. The molecule has 1 atom stereocenters. The van der Waals surface area contributed by atoms with Gasteiger partial charge in [0.05, 0.1) is 6.10 Å². The first-order valence-corrected chi connectivity index (χ1v) is 7.26. The predicted octanol–water partition coefficient (Wildman–Crippen LogP) is 3.31. The quantitative estimate of drug-likeness (QED) is 0.837. The molecule has 0 radical (unpaired) electrons. The molecule has 0 spiro atoms. The van der Waals surface area contributed by atoms with Crippen molar-refractivity contribution in [1.82, 2.24) is 4.98 Å². The van der Waals surface area contributed by atoms with Crippen molar-refractivity contribution in [3.63, 3.8) is 0 Å². The van der Waals surface area contributed by atoms with E-state index >= 15 is 0 Å². The smallest absolute Gasteiger partial charge is 0.137 e. The summed E-state index contributed by atoms with van der Waals surface area (Å²) in [7, 11) is 0. The Hall–Kier alpha value is -0.740. The van der Waals surface area contributed by atoms with Crippen LogP contribution < -0.4 is 0 Å². The maximum absolute atomic E-state index is 11.9. The van der Waals surface area contributed by atoms with Gasteiger partial charge in [0.1, 0.15) is 5.78 Å². The van der Waals surface area contributed by atoms with E-state index in [-0.39, 0.29) is 5.78 Å². The number of rotatable bonds is 5. The summed E-state index contributed by atoms with van der Waals surface area (Å²) in [5, 5.41) is 0. The lowest BCUT2D eigenvalue weighted by atomic mass is 10.0. The number of ketones is 1. The van der Waals surface area contributed by atoms with Gasteiger partial charge in [0.25, 0.3) is 0 Å². The molecular formula is C14H18BrNO2. The monoisotopic (exact) mass is 311 g/mol. The molecule has 1 aromatic heterocycles. The molecule has 0 aromatic carbocycles. The zero-order valence-corrected chi connectivity index (χ0v) is 12.0. The third kappa shape index (κ3) is 4.50. The van der Waals surface area contributed by atoms with E-state index in [0.29, 0.717) is 18.9 Å². The fourth-order valence-corrected chi connectivity index (χ4v) is 2.64. The Morgan fingerprint density at radius 3 is 3.06 bits per heavy atom. The lowest BCUT2D eigenvalue weighted by molar-refractivity contribution is -0.119. The van der Waals surface area contributed by atoms with Crippen LogP contribution >= 0.6 is 15.9 Å². The second-order valence-corrected chi connectivity index (χ2v) is 5.67. The van der Waals surface area contributed by atoms with Crippen LogP contribution in [0.2, 0.25) is 0 Å². The summed E-state index contributed by atoms with van der Waals surface area (Å²) >= 11 is 3.36. The highest BCUT2D eigenvalue weighted by molar-refractivity contribution is 9.10. The molecule has 1 aliphatic heterocycles. The minimum absolute atomic E-state index is 0.268. The second kappa shape index (κ2) is 7.00. The first-order chi connectivity index (χ1) is 8.74. The molecule has 0 amide bonds. The standard InChI is InChI=1S/C14H18BrNO2/c15-12-7-11(9-16-10-12)8-13(17)4-5-14-3-1-2-6-18-14/h7,9-10,14H,1-6,8H2. The fraction of sp³-hybridized carbons (Fsp3) is 0.571. The molecule has 1 unspecified atom stereocenters. The largest absolute Gasteiger partial charge is 0.378 e. The van der Waals surface area contributed by atoms with Crippen LogP contribution in [0.25, 0.3) is 0 Å². The van der Waals surface area contributed by atoms with E-state index in [1.165, 1.54) is 6.42 Å². The molecule has 0 N–H and O–H groups in total. The highest BCUT2D eigenvalue weighted by atomic mass is 79.9. The SMILES string of the molecule is O=C(CCC1CCCCO1)Cc1cncc(Br)c1. The molecular weight excluding hydrogens is 294 g/mol. The lowest BCUT2D eigenvalue weighted by Gasteiger charge is -2.22. The van der Waals surface area contributed by atoms with E-state index in [2.05, 4.69) is 20.9 Å². The van der Waals surface area contributed by atoms with Gasteiger partial charge in [0.15, 0.2) is 0 Å². The molecule has 2 rings (SSSR count). The number of ether oxygens (including phenoxy) is 1. The van der Waals surface area contributed by atoms with Crippen molar-refractivity contribution in [2.24, 2.45) is 0 Å². The minimum atomic E-state index is 0.268. The van der Waals surface area contributed by atoms with E-state index in [1.54, 1.807) is 12.4 Å². The number of hydrogen-bond donors (Lipinski definition) is 0. The molecule has 1 aromatic rings. The van der Waals surface area contributed by atoms with Crippen molar-refractivity contribution < 1.29 is 9.53 Å². The number of pyridine rings is 1. The van der Waals surface area contributed by atoms with Gasteiger partial charge in [-0.15, -0.1) is 0 Å². The van der Waals surface area contributed by atoms with Crippen molar-refractivity contribution in [3.05, 3.63) is 28.5 Å². The number of halogens is 1. The summed E-state index contributed by atoms with van der Waals surface area (Å²) in [5.41, 5.74) is 0.971. The maximum Gasteiger partial charge on any atom is 0.137 e. The van der Waals surface area contributed by atoms with Crippen LogP contribution in [0.15, 0.2) is 22.9 Å². The molecule has 3 nitrogen and oxygen atoms in total. The Balaban J connectivity index is 1.74. The molecule has 0 bridgehead atoms. The van der Waals surface area contributed by atoms with Crippen LogP contribution in [0.3, 0.4) is 0 Å². The van der Waals surface area contributed by atoms with Crippen LogP contribution in [0.1, 0.15) is 37.7 Å². The molecule has 98 valence electrons. The Labute approximate surface area is 116 Å². The number of carbonyl (C=O) groups excluding carboxylic acids is 1. The molecule has 18 heavy (non-hydrogen) atoms. The topological polar surface area (TPSA) is 39.2 Å². The van der Waals surface area contributed by atoms with Crippen LogP contribution in [0.5, 0.6) is 0 Å². The van der Waals surface area contributed by atoms with E-state index in [4.69, 9.17) is 4.74 Å². The van der Waals surface area contributed by atoms with Gasteiger partial charge in [0.2, 0.25) is 0 Å². The van der Waals surface area contributed by atoms with Gasteiger partial charge < -0.3 is 4.74 Å². The molecule has 1 saturated heterocycles. The Bertz CT molecular complexity index is 403. The average Bonchev–Trinajstić information content (AvgIpc) is 2.38. The van der Waals surface area contributed by atoms with Crippen molar-refractivity contribution in [2.45, 2.75) is 44.6 Å². The maximum atomic E-state index is 11.9. The molecule has 1 fully saturated rings. The van der Waals surface area contributed by atoms with Crippen LogP contribution in [-0.4, -0.2) is 23.5 Å². The van der Waals surface area contributed by atoms with E-state index in [9.17, 15) is 4.79 Å². The van der Waals surface area contributed by atoms with Crippen molar-refractivity contribution in [2.75, 3.05) is 6.61 Å². The minimum Gasteiger partial charge on any atom is -0.378 e. The van der Waals surface area contributed by atoms with Gasteiger partial charge in [-0.2, -0.15) is 0 Å². The zero-order valence-electron chi connectivity index (χ0n) is 10.4. The first-order valence-electron chi connectivity index (χ1n) is 6.47. The van der Waals surface area contributed by atoms with Gasteiger partial charge in [-0.3, -0.25) is 9.78 Å². The highest BCUT2D eigenvalue weighted by Crippen LogP contribution is 2.18. The van der Waals surface area contributed by atoms with Gasteiger partial charge in [0, 0.05) is 36.3 Å². The summed E-state index contributed by atoms with van der Waals surface area (Å²) in [6.07, 6.45) is 9.21. The third-order valence-electron chi connectivity index (χ3n) is 3.18. The Morgan fingerprint density at radius 2 is 2.33 bits per heavy atom. The highest BCUT2D eigenvalue weighted by Gasteiger charge is 2.15. The Morgan fingerprint density at radius 1 is 1.44 bits per heavy atom. The van der Waals surface area contributed by atoms with E-state index in [1.807, 2.05) is 6.07 Å². The van der Waals surface area contributed by atoms with Crippen LogP contribution in [0.4, 0.5) is 0 Å². The average molecular weight is 312 g/mol. The van der Waals surface area contributed by atoms with Crippen molar-refractivity contribution >= 4 is 21.7 Å². The first kappa shape index (κ1) is 13.7. The third-order valence-corrected chi connectivity index (χ3v) is 3.62. The van der Waals surface area contributed by atoms with E-state index in [0.717, 1.165) is 35.9 Å². The molecule has 2 heterocycles. The van der Waals surface area contributed by atoms with Crippen LogP contribution in [0, 0.1) is 0 Å². The molecule has 1 aliphatic rings. The van der Waals surface area contributed by atoms with Crippen molar-refractivity contribution in [3.8, 4) is 0 Å². The number of carbonyl (C=O) groups is 1. The lowest BCUT2D eigenvalue weighted by Crippen LogP contribution is -2.20. The molecule has 0 aliphatic carbocycles. The van der Waals surface area contributed by atoms with Gasteiger partial charge in [-0.05, 0) is 53.2 Å². The summed E-state index contributed by atoms with van der Waals surface area (Å²) in [6, 6.07) is 1.95. The molecule has 0 saturated carbocycles. The number of hydrogen-bond acceptors (Lipinski definition) is 3. The molecule has 4 heteroatoms. The predicted molar refractivity (Wildman–Crippen MR) is 73.5 cm³/mol. The van der Waals surface area contributed by atoms with Gasteiger partial charge in [-0.25, -0.2) is 0 Å². The number of Topliss-reactive ketones (excluding diaryl/α,β-unsaturated/α-hetero) is 1. The normalized spacial score (nSPS) is 19.7. The summed E-state index contributed by atoms with van der Waals surface area (Å²) in [4.78, 5) is 15.9. The van der Waals surface area contributed by atoms with Gasteiger partial charge in [-0.1, -0.05) is 0 Å². The summed E-state index contributed by atoms with van der Waals surface area (Å²) in [5.74, 6) is 0.268. The summed E-state index contributed by atoms with van der Waals surface area (Å²) in [6.45, 7) is 0.856. The van der Waals surface area contributed by atoms with Gasteiger partial charge >= 0.3 is 0 Å². The zero-order chi connectivity index (χ0) is 12.8. The Kier molecular flexibility index (Phi) is 5.32.